The van der Waals surface area contributed by atoms with Crippen molar-refractivity contribution in [3.05, 3.63) is 77.4 Å². The van der Waals surface area contributed by atoms with Gasteiger partial charge in [0.15, 0.2) is 0 Å². The number of piperazine rings is 1. The maximum atomic E-state index is 12.3. The lowest BCUT2D eigenvalue weighted by atomic mass is 10.0. The van der Waals surface area contributed by atoms with Gasteiger partial charge in [0.05, 0.1) is 5.39 Å². The van der Waals surface area contributed by atoms with Crippen LogP contribution >= 0.6 is 11.3 Å². The number of anilines is 1. The number of nitrogens with zero attached hydrogens (tertiary/aromatic N) is 4. The van der Waals surface area contributed by atoms with E-state index in [1.54, 1.807) is 11.3 Å². The summed E-state index contributed by atoms with van der Waals surface area (Å²) in [4.78, 5) is 27.3. The molecule has 1 saturated heterocycles. The summed E-state index contributed by atoms with van der Waals surface area (Å²) in [5.41, 5.74) is 9.08. The molecule has 1 atom stereocenters. The van der Waals surface area contributed by atoms with Crippen LogP contribution in [0.25, 0.3) is 21.3 Å². The van der Waals surface area contributed by atoms with Crippen molar-refractivity contribution in [2.75, 3.05) is 31.1 Å². The summed E-state index contributed by atoms with van der Waals surface area (Å²) in [5, 5.41) is 3.28. The Hall–Kier alpha value is -3.29. The van der Waals surface area contributed by atoms with E-state index in [1.807, 2.05) is 43.3 Å². The highest BCUT2D eigenvalue weighted by molar-refractivity contribution is 7.17. The Morgan fingerprint density at radius 2 is 1.62 bits per heavy atom. The summed E-state index contributed by atoms with van der Waals surface area (Å²) in [6, 6.07) is 19.8. The van der Waals surface area contributed by atoms with E-state index < -0.39 is 6.04 Å². The van der Waals surface area contributed by atoms with Gasteiger partial charge in [0.25, 0.3) is 0 Å². The first kappa shape index (κ1) is 20.6. The highest BCUT2D eigenvalue weighted by Crippen LogP contribution is 2.38. The molecule has 7 heteroatoms. The summed E-state index contributed by atoms with van der Waals surface area (Å²) in [6.07, 6.45) is 0. The van der Waals surface area contributed by atoms with Crippen LogP contribution in [-0.2, 0) is 4.79 Å². The molecule has 0 unspecified atom stereocenters. The van der Waals surface area contributed by atoms with E-state index in [0.29, 0.717) is 0 Å². The van der Waals surface area contributed by atoms with E-state index in [2.05, 4.69) is 39.4 Å². The molecule has 0 radical (unpaired) electrons. The van der Waals surface area contributed by atoms with Crippen LogP contribution in [0.2, 0.25) is 0 Å². The molecule has 0 saturated carbocycles. The van der Waals surface area contributed by atoms with Crippen molar-refractivity contribution in [2.24, 2.45) is 5.73 Å². The zero-order chi connectivity index (χ0) is 22.1. The molecular weight excluding hydrogens is 418 g/mol. The lowest BCUT2D eigenvalue weighted by Gasteiger charge is -2.39. The first-order valence-electron chi connectivity index (χ1n) is 10.8. The molecular formula is C25H25N5OS. The molecule has 1 amide bonds. The number of carbonyl (C=O) groups is 1. The van der Waals surface area contributed by atoms with Crippen LogP contribution < -0.4 is 10.6 Å². The number of aryl methyl sites for hydroxylation is 1. The topological polar surface area (TPSA) is 75.3 Å². The van der Waals surface area contributed by atoms with Gasteiger partial charge in [0.2, 0.25) is 5.91 Å². The molecule has 5 rings (SSSR count). The molecule has 0 bridgehead atoms. The summed E-state index contributed by atoms with van der Waals surface area (Å²) in [5.74, 6) is 1.44. The molecule has 32 heavy (non-hydrogen) atoms. The number of thiophene rings is 1. The monoisotopic (exact) mass is 443 g/mol. The molecule has 6 nitrogen and oxygen atoms in total. The zero-order valence-corrected chi connectivity index (χ0v) is 18.8. The van der Waals surface area contributed by atoms with Crippen molar-refractivity contribution in [3.8, 4) is 11.1 Å². The predicted octanol–water partition coefficient (Wildman–Crippen LogP) is 4.02. The van der Waals surface area contributed by atoms with Crippen molar-refractivity contribution in [3.63, 3.8) is 0 Å². The van der Waals surface area contributed by atoms with E-state index >= 15 is 0 Å². The number of rotatable bonds is 5. The Labute approximate surface area is 191 Å². The van der Waals surface area contributed by atoms with E-state index in [0.717, 1.165) is 53.6 Å². The van der Waals surface area contributed by atoms with Crippen LogP contribution in [-0.4, -0.2) is 47.0 Å². The number of primary amides is 1. The molecule has 1 aliphatic heterocycles. The molecule has 0 aliphatic carbocycles. The second kappa shape index (κ2) is 8.68. The third-order valence-corrected chi connectivity index (χ3v) is 6.85. The summed E-state index contributed by atoms with van der Waals surface area (Å²) in [7, 11) is 0. The van der Waals surface area contributed by atoms with Crippen molar-refractivity contribution in [1.29, 1.82) is 0 Å². The summed E-state index contributed by atoms with van der Waals surface area (Å²) in [6.45, 7) is 4.95. The molecule has 0 spiro atoms. The number of benzene rings is 2. The maximum Gasteiger partial charge on any atom is 0.239 e. The second-order valence-corrected chi connectivity index (χ2v) is 8.89. The SMILES string of the molecule is Cc1nc(N2CCN([C@H](C(N)=O)c3ccccc3)CC2)c2c(-c3ccccc3)csc2n1. The van der Waals surface area contributed by atoms with Crippen LogP contribution in [0.5, 0.6) is 0 Å². The van der Waals surface area contributed by atoms with Crippen molar-refractivity contribution >= 4 is 33.3 Å². The number of hydrogen-bond acceptors (Lipinski definition) is 6. The Bertz CT molecular complexity index is 1230. The minimum atomic E-state index is -0.411. The van der Waals surface area contributed by atoms with E-state index in [-0.39, 0.29) is 5.91 Å². The smallest absolute Gasteiger partial charge is 0.239 e. The van der Waals surface area contributed by atoms with Crippen LogP contribution in [0.3, 0.4) is 0 Å². The van der Waals surface area contributed by atoms with Crippen LogP contribution in [0, 0.1) is 6.92 Å². The molecule has 4 aromatic rings. The van der Waals surface area contributed by atoms with E-state index in [1.165, 1.54) is 11.1 Å². The highest BCUT2D eigenvalue weighted by atomic mass is 32.1. The van der Waals surface area contributed by atoms with Gasteiger partial charge in [-0.3, -0.25) is 9.69 Å². The van der Waals surface area contributed by atoms with Gasteiger partial charge in [-0.25, -0.2) is 9.97 Å². The number of fused-ring (bicyclic) bond motifs is 1. The van der Waals surface area contributed by atoms with Crippen molar-refractivity contribution in [1.82, 2.24) is 14.9 Å². The zero-order valence-electron chi connectivity index (χ0n) is 17.9. The first-order valence-corrected chi connectivity index (χ1v) is 11.6. The molecule has 2 aromatic heterocycles. The van der Waals surface area contributed by atoms with Crippen LogP contribution in [0.1, 0.15) is 17.4 Å². The molecule has 162 valence electrons. The first-order chi connectivity index (χ1) is 15.6. The second-order valence-electron chi connectivity index (χ2n) is 8.03. The minimum Gasteiger partial charge on any atom is -0.368 e. The third-order valence-electron chi connectivity index (χ3n) is 5.97. The third kappa shape index (κ3) is 3.85. The number of nitrogens with two attached hydrogens (primary N) is 1. The van der Waals surface area contributed by atoms with Gasteiger partial charge >= 0.3 is 0 Å². The van der Waals surface area contributed by atoms with Crippen LogP contribution in [0.4, 0.5) is 5.82 Å². The molecule has 2 aromatic carbocycles. The maximum absolute atomic E-state index is 12.3. The highest BCUT2D eigenvalue weighted by Gasteiger charge is 2.30. The average Bonchev–Trinajstić information content (AvgIpc) is 3.24. The summed E-state index contributed by atoms with van der Waals surface area (Å²) >= 11 is 1.66. The van der Waals surface area contributed by atoms with Gasteiger partial charge in [-0.1, -0.05) is 60.7 Å². The molecule has 1 aliphatic rings. The van der Waals surface area contributed by atoms with Crippen molar-refractivity contribution < 1.29 is 4.79 Å². The fourth-order valence-corrected chi connectivity index (χ4v) is 5.46. The quantitative estimate of drug-likeness (QED) is 0.504. The van der Waals surface area contributed by atoms with Gasteiger partial charge in [0.1, 0.15) is 22.5 Å². The normalized spacial score (nSPS) is 15.7. The minimum absolute atomic E-state index is 0.311. The number of hydrogen-bond donors (Lipinski definition) is 1. The average molecular weight is 444 g/mol. The fraction of sp³-hybridized carbons (Fsp3) is 0.240. The lowest BCUT2D eigenvalue weighted by Crippen LogP contribution is -2.50. The fourth-order valence-electron chi connectivity index (χ4n) is 4.47. The number of carbonyl (C=O) groups excluding carboxylic acids is 1. The van der Waals surface area contributed by atoms with Gasteiger partial charge in [-0.15, -0.1) is 11.3 Å². The van der Waals surface area contributed by atoms with E-state index in [9.17, 15) is 4.79 Å². The Kier molecular flexibility index (Phi) is 5.59. The van der Waals surface area contributed by atoms with Gasteiger partial charge in [-0.2, -0.15) is 0 Å². The Morgan fingerprint density at radius 3 is 2.28 bits per heavy atom. The van der Waals surface area contributed by atoms with E-state index in [4.69, 9.17) is 15.7 Å². The number of amides is 1. The molecule has 3 heterocycles. The Balaban J connectivity index is 1.45. The Morgan fingerprint density at radius 1 is 0.969 bits per heavy atom. The standard InChI is InChI=1S/C25H25N5OS/c1-17-27-24(21-20(16-32-25(21)28-17)18-8-4-2-5-9-18)30-14-12-29(13-15-30)22(23(26)31)19-10-6-3-7-11-19/h2-11,16,22H,12-15H2,1H3,(H2,26,31)/t22-/m0/s1. The summed E-state index contributed by atoms with van der Waals surface area (Å²) < 4.78 is 0. The molecule has 1 fully saturated rings. The predicted molar refractivity (Wildman–Crippen MR) is 130 cm³/mol. The van der Waals surface area contributed by atoms with Crippen molar-refractivity contribution in [2.45, 2.75) is 13.0 Å². The molecule has 2 N–H and O–H groups in total. The number of aromatic nitrogens is 2. The van der Waals surface area contributed by atoms with Gasteiger partial charge < -0.3 is 10.6 Å². The van der Waals surface area contributed by atoms with Crippen LogP contribution in [0.15, 0.2) is 66.0 Å². The largest absolute Gasteiger partial charge is 0.368 e. The van der Waals surface area contributed by atoms with Gasteiger partial charge in [-0.05, 0) is 18.1 Å². The van der Waals surface area contributed by atoms with Gasteiger partial charge in [0, 0.05) is 37.1 Å². The lowest BCUT2D eigenvalue weighted by molar-refractivity contribution is -0.123.